The molecule has 0 saturated carbocycles. The maximum absolute atomic E-state index is 8.73. The van der Waals surface area contributed by atoms with Crippen LogP contribution in [0.1, 0.15) is 24.8 Å². The molecule has 0 aromatic carbocycles. The van der Waals surface area contributed by atoms with E-state index in [0.717, 1.165) is 18.9 Å². The summed E-state index contributed by atoms with van der Waals surface area (Å²) in [5.41, 5.74) is 6.34. The molecule has 1 fully saturated rings. The fourth-order valence-corrected chi connectivity index (χ4v) is 2.01. The average Bonchev–Trinajstić information content (AvgIpc) is 2.39. The Bertz CT molecular complexity index is 385. The highest BCUT2D eigenvalue weighted by Gasteiger charge is 2.17. The van der Waals surface area contributed by atoms with Gasteiger partial charge in [0.2, 0.25) is 0 Å². The zero-order valence-corrected chi connectivity index (χ0v) is 9.13. The van der Waals surface area contributed by atoms with Gasteiger partial charge in [0.05, 0.1) is 5.56 Å². The summed E-state index contributed by atoms with van der Waals surface area (Å²) in [5, 5.41) is 11.8. The predicted octanol–water partition coefficient (Wildman–Crippen LogP) is 1.17. The van der Waals surface area contributed by atoms with Gasteiger partial charge >= 0.3 is 0 Å². The van der Waals surface area contributed by atoms with E-state index in [1.54, 1.807) is 12.3 Å². The van der Waals surface area contributed by atoms with Crippen LogP contribution in [0.4, 0.5) is 5.82 Å². The second kappa shape index (κ2) is 4.83. The smallest absolute Gasteiger partial charge is 0.173 e. The second-order valence-electron chi connectivity index (χ2n) is 3.91. The van der Waals surface area contributed by atoms with Gasteiger partial charge in [-0.05, 0) is 31.4 Å². The summed E-state index contributed by atoms with van der Waals surface area (Å²) >= 11 is 0. The zero-order valence-electron chi connectivity index (χ0n) is 9.13. The number of hydrogen-bond acceptors (Lipinski definition) is 4. The van der Waals surface area contributed by atoms with Gasteiger partial charge < -0.3 is 15.8 Å². The first-order valence-electron chi connectivity index (χ1n) is 5.51. The topological polar surface area (TPSA) is 74.7 Å². The largest absolute Gasteiger partial charge is 0.409 e. The molecular weight excluding hydrogens is 204 g/mol. The number of oxime groups is 1. The van der Waals surface area contributed by atoms with E-state index in [4.69, 9.17) is 10.9 Å². The average molecular weight is 220 g/mol. The molecule has 5 heteroatoms. The van der Waals surface area contributed by atoms with Crippen molar-refractivity contribution in [1.82, 2.24) is 4.98 Å². The molecule has 2 heterocycles. The van der Waals surface area contributed by atoms with Crippen LogP contribution >= 0.6 is 0 Å². The molecule has 1 aliphatic heterocycles. The van der Waals surface area contributed by atoms with E-state index >= 15 is 0 Å². The Labute approximate surface area is 94.6 Å². The SMILES string of the molecule is N/C(=N/O)c1cccnc1N1CCCCC1. The first-order valence-corrected chi connectivity index (χ1v) is 5.51. The second-order valence-corrected chi connectivity index (χ2v) is 3.91. The molecule has 0 spiro atoms. The van der Waals surface area contributed by atoms with Crippen LogP contribution in [0.3, 0.4) is 0 Å². The zero-order chi connectivity index (χ0) is 11.4. The minimum Gasteiger partial charge on any atom is -0.409 e. The number of nitrogens with zero attached hydrogens (tertiary/aromatic N) is 3. The molecule has 2 rings (SSSR count). The van der Waals surface area contributed by atoms with E-state index in [-0.39, 0.29) is 5.84 Å². The summed E-state index contributed by atoms with van der Waals surface area (Å²) in [6.07, 6.45) is 5.35. The van der Waals surface area contributed by atoms with Crippen LogP contribution < -0.4 is 10.6 Å². The number of aromatic nitrogens is 1. The summed E-state index contributed by atoms with van der Waals surface area (Å²) in [6.45, 7) is 1.98. The van der Waals surface area contributed by atoms with E-state index in [2.05, 4.69) is 15.0 Å². The van der Waals surface area contributed by atoms with Crippen molar-refractivity contribution in [3.8, 4) is 0 Å². The molecule has 1 saturated heterocycles. The Balaban J connectivity index is 2.31. The van der Waals surface area contributed by atoms with Crippen LogP contribution in [0.5, 0.6) is 0 Å². The van der Waals surface area contributed by atoms with Crippen LogP contribution in [-0.4, -0.2) is 29.1 Å². The lowest BCUT2D eigenvalue weighted by Crippen LogP contribution is -2.32. The van der Waals surface area contributed by atoms with E-state index < -0.39 is 0 Å². The lowest BCUT2D eigenvalue weighted by molar-refractivity contribution is 0.318. The fourth-order valence-electron chi connectivity index (χ4n) is 2.01. The molecule has 1 aromatic heterocycles. The molecule has 86 valence electrons. The number of piperidine rings is 1. The third-order valence-corrected chi connectivity index (χ3v) is 2.83. The van der Waals surface area contributed by atoms with Gasteiger partial charge in [0, 0.05) is 19.3 Å². The van der Waals surface area contributed by atoms with Crippen molar-refractivity contribution in [1.29, 1.82) is 0 Å². The maximum atomic E-state index is 8.73. The maximum Gasteiger partial charge on any atom is 0.173 e. The van der Waals surface area contributed by atoms with Crippen LogP contribution in [0.15, 0.2) is 23.5 Å². The predicted molar refractivity (Wildman–Crippen MR) is 62.8 cm³/mol. The first kappa shape index (κ1) is 10.7. The number of hydrogen-bond donors (Lipinski definition) is 2. The Morgan fingerprint density at radius 3 is 2.81 bits per heavy atom. The normalized spacial score (nSPS) is 17.5. The highest BCUT2D eigenvalue weighted by Crippen LogP contribution is 2.21. The molecule has 5 nitrogen and oxygen atoms in total. The summed E-state index contributed by atoms with van der Waals surface area (Å²) in [4.78, 5) is 6.52. The summed E-state index contributed by atoms with van der Waals surface area (Å²) in [5.74, 6) is 0.936. The number of pyridine rings is 1. The Hall–Kier alpha value is -1.78. The first-order chi connectivity index (χ1) is 7.83. The van der Waals surface area contributed by atoms with Gasteiger partial charge in [-0.1, -0.05) is 5.16 Å². The third-order valence-electron chi connectivity index (χ3n) is 2.83. The van der Waals surface area contributed by atoms with Gasteiger partial charge in [-0.2, -0.15) is 0 Å². The van der Waals surface area contributed by atoms with Crippen LogP contribution in [0.2, 0.25) is 0 Å². The molecule has 0 aliphatic carbocycles. The summed E-state index contributed by atoms with van der Waals surface area (Å²) in [6, 6.07) is 3.62. The highest BCUT2D eigenvalue weighted by atomic mass is 16.4. The molecule has 0 atom stereocenters. The molecule has 1 aliphatic rings. The van der Waals surface area contributed by atoms with Crippen molar-refractivity contribution in [2.24, 2.45) is 10.9 Å². The number of anilines is 1. The molecule has 1 aromatic rings. The molecule has 16 heavy (non-hydrogen) atoms. The molecule has 0 unspecified atom stereocenters. The van der Waals surface area contributed by atoms with E-state index in [1.165, 1.54) is 19.3 Å². The van der Waals surface area contributed by atoms with Gasteiger partial charge in [0.1, 0.15) is 5.82 Å². The van der Waals surface area contributed by atoms with E-state index in [1.807, 2.05) is 6.07 Å². The fraction of sp³-hybridized carbons (Fsp3) is 0.455. The van der Waals surface area contributed by atoms with Crippen LogP contribution in [-0.2, 0) is 0 Å². The molecule has 3 N–H and O–H groups in total. The third kappa shape index (κ3) is 2.08. The Morgan fingerprint density at radius 2 is 2.12 bits per heavy atom. The van der Waals surface area contributed by atoms with Gasteiger partial charge in [-0.25, -0.2) is 4.98 Å². The van der Waals surface area contributed by atoms with E-state index in [9.17, 15) is 0 Å². The van der Waals surface area contributed by atoms with Crippen molar-refractivity contribution in [2.45, 2.75) is 19.3 Å². The van der Waals surface area contributed by atoms with Crippen molar-refractivity contribution in [3.05, 3.63) is 23.9 Å². The van der Waals surface area contributed by atoms with Crippen molar-refractivity contribution in [3.63, 3.8) is 0 Å². The standard InChI is InChI=1S/C11H16N4O/c12-10(14-16)9-5-4-6-13-11(9)15-7-2-1-3-8-15/h4-6,16H,1-3,7-8H2,(H2,12,14). The van der Waals surface area contributed by atoms with Crippen molar-refractivity contribution >= 4 is 11.7 Å². The number of amidine groups is 1. The van der Waals surface area contributed by atoms with Crippen molar-refractivity contribution < 1.29 is 5.21 Å². The molecule has 0 radical (unpaired) electrons. The van der Waals surface area contributed by atoms with Crippen LogP contribution in [0, 0.1) is 0 Å². The minimum atomic E-state index is 0.119. The van der Waals surface area contributed by atoms with Gasteiger partial charge in [-0.15, -0.1) is 0 Å². The minimum absolute atomic E-state index is 0.119. The summed E-state index contributed by atoms with van der Waals surface area (Å²) < 4.78 is 0. The van der Waals surface area contributed by atoms with Gasteiger partial charge in [-0.3, -0.25) is 0 Å². The van der Waals surface area contributed by atoms with E-state index in [0.29, 0.717) is 5.56 Å². The quantitative estimate of drug-likeness (QED) is 0.339. The lowest BCUT2D eigenvalue weighted by Gasteiger charge is -2.29. The Kier molecular flexibility index (Phi) is 3.24. The Morgan fingerprint density at radius 1 is 1.38 bits per heavy atom. The molecule has 0 bridgehead atoms. The van der Waals surface area contributed by atoms with Gasteiger partial charge in [0.25, 0.3) is 0 Å². The van der Waals surface area contributed by atoms with Crippen LogP contribution in [0.25, 0.3) is 0 Å². The van der Waals surface area contributed by atoms with Crippen molar-refractivity contribution in [2.75, 3.05) is 18.0 Å². The number of rotatable bonds is 2. The summed E-state index contributed by atoms with van der Waals surface area (Å²) in [7, 11) is 0. The molecular formula is C11H16N4O. The highest BCUT2D eigenvalue weighted by molar-refractivity contribution is 6.01. The van der Waals surface area contributed by atoms with Gasteiger partial charge in [0.15, 0.2) is 5.84 Å². The molecule has 0 amide bonds. The number of nitrogens with two attached hydrogens (primary N) is 1. The lowest BCUT2D eigenvalue weighted by atomic mass is 10.1. The monoisotopic (exact) mass is 220 g/mol.